The molecule has 0 radical (unpaired) electrons. The Bertz CT molecular complexity index is 1030. The van der Waals surface area contributed by atoms with E-state index in [2.05, 4.69) is 0 Å². The van der Waals surface area contributed by atoms with Crippen LogP contribution < -0.4 is 4.18 Å². The molecule has 0 N–H and O–H groups in total. The number of rotatable bonds is 9. The van der Waals surface area contributed by atoms with Crippen LogP contribution in [-0.2, 0) is 21.5 Å². The monoisotopic (exact) mass is 432 g/mol. The van der Waals surface area contributed by atoms with Crippen LogP contribution in [0.5, 0.6) is 5.75 Å². The lowest BCUT2D eigenvalue weighted by molar-refractivity contribution is -0.384. The highest BCUT2D eigenvalue weighted by Crippen LogP contribution is 2.19. The number of carbonyl (C=O) groups excluding carboxylic acids is 1. The lowest BCUT2D eigenvalue weighted by Crippen LogP contribution is -2.36. The molecule has 1 atom stereocenters. The van der Waals surface area contributed by atoms with Crippen molar-refractivity contribution < 1.29 is 22.3 Å². The summed E-state index contributed by atoms with van der Waals surface area (Å²) in [6, 6.07) is 12.4. The van der Waals surface area contributed by atoms with E-state index >= 15 is 0 Å². The van der Waals surface area contributed by atoms with Crippen LogP contribution in [0.25, 0.3) is 6.08 Å². The summed E-state index contributed by atoms with van der Waals surface area (Å²) < 4.78 is 27.6. The minimum Gasteiger partial charge on any atom is -0.383 e. The minimum atomic E-state index is -3.64. The van der Waals surface area contributed by atoms with Crippen molar-refractivity contribution in [1.29, 1.82) is 0 Å². The Morgan fingerprint density at radius 1 is 1.23 bits per heavy atom. The van der Waals surface area contributed by atoms with Gasteiger partial charge in [0.05, 0.1) is 11.2 Å². The number of nitro benzene ring substituents is 1. The number of amides is 1. The quantitative estimate of drug-likeness (QED) is 0.258. The lowest BCUT2D eigenvalue weighted by atomic mass is 10.1. The third kappa shape index (κ3) is 7.00. The number of nitro groups is 1. The molecular formula is C21H24N2O6S. The third-order valence-corrected chi connectivity index (χ3v) is 4.92. The van der Waals surface area contributed by atoms with Crippen LogP contribution in [0.15, 0.2) is 54.6 Å². The third-order valence-electron chi connectivity index (χ3n) is 4.43. The highest BCUT2D eigenvalue weighted by atomic mass is 32.2. The molecule has 0 heterocycles. The molecule has 0 aliphatic rings. The summed E-state index contributed by atoms with van der Waals surface area (Å²) in [5.41, 5.74) is 1.38. The van der Waals surface area contributed by atoms with Crippen molar-refractivity contribution in [3.8, 4) is 5.75 Å². The largest absolute Gasteiger partial charge is 0.383 e. The standard InChI is InChI=1S/C21H24N2O6S/c1-4-16(2)22(15-18-6-5-7-20(14-18)29-30(3,27)28)21(24)13-10-17-8-11-19(12-9-17)23(25)26/h5-14,16H,4,15H2,1-3H3. The maximum absolute atomic E-state index is 12.8. The first-order valence-electron chi connectivity index (χ1n) is 9.30. The maximum atomic E-state index is 12.8. The molecule has 2 rings (SSSR count). The van der Waals surface area contributed by atoms with E-state index < -0.39 is 15.0 Å². The van der Waals surface area contributed by atoms with Gasteiger partial charge in [-0.25, -0.2) is 0 Å². The zero-order chi connectivity index (χ0) is 22.3. The molecule has 2 aromatic rings. The van der Waals surface area contributed by atoms with Crippen molar-refractivity contribution in [2.75, 3.05) is 6.26 Å². The molecule has 0 aliphatic heterocycles. The van der Waals surface area contributed by atoms with E-state index in [1.54, 1.807) is 41.3 Å². The first-order chi connectivity index (χ1) is 14.1. The molecule has 9 heteroatoms. The van der Waals surface area contributed by atoms with E-state index in [-0.39, 0.29) is 29.9 Å². The Morgan fingerprint density at radius 3 is 2.47 bits per heavy atom. The van der Waals surface area contributed by atoms with Gasteiger partial charge in [-0.05, 0) is 54.8 Å². The number of nitrogens with zero attached hydrogens (tertiary/aromatic N) is 2. The molecule has 0 spiro atoms. The van der Waals surface area contributed by atoms with Gasteiger partial charge in [0.15, 0.2) is 0 Å². The number of hydrogen-bond acceptors (Lipinski definition) is 6. The van der Waals surface area contributed by atoms with Gasteiger partial charge in [0.1, 0.15) is 5.75 Å². The maximum Gasteiger partial charge on any atom is 0.306 e. The van der Waals surface area contributed by atoms with Crippen LogP contribution in [0, 0.1) is 10.1 Å². The molecule has 0 saturated heterocycles. The fraction of sp³-hybridized carbons (Fsp3) is 0.286. The second-order valence-electron chi connectivity index (χ2n) is 6.84. The molecule has 160 valence electrons. The molecule has 0 bridgehead atoms. The first kappa shape index (κ1) is 23.1. The van der Waals surface area contributed by atoms with Crippen LogP contribution in [0.4, 0.5) is 5.69 Å². The van der Waals surface area contributed by atoms with Crippen LogP contribution in [-0.4, -0.2) is 36.4 Å². The van der Waals surface area contributed by atoms with Crippen LogP contribution >= 0.6 is 0 Å². The van der Waals surface area contributed by atoms with Gasteiger partial charge < -0.3 is 9.08 Å². The normalized spacial score (nSPS) is 12.5. The summed E-state index contributed by atoms with van der Waals surface area (Å²) in [5, 5.41) is 10.7. The first-order valence-corrected chi connectivity index (χ1v) is 11.1. The second-order valence-corrected chi connectivity index (χ2v) is 8.42. The molecule has 1 amide bonds. The summed E-state index contributed by atoms with van der Waals surface area (Å²) in [7, 11) is -3.64. The molecule has 8 nitrogen and oxygen atoms in total. The van der Waals surface area contributed by atoms with Gasteiger partial charge in [-0.2, -0.15) is 8.42 Å². The zero-order valence-corrected chi connectivity index (χ0v) is 17.8. The predicted molar refractivity (Wildman–Crippen MR) is 114 cm³/mol. The second kappa shape index (κ2) is 10.0. The van der Waals surface area contributed by atoms with E-state index in [1.807, 2.05) is 13.8 Å². The smallest absolute Gasteiger partial charge is 0.306 e. The van der Waals surface area contributed by atoms with Gasteiger partial charge in [0.25, 0.3) is 5.69 Å². The van der Waals surface area contributed by atoms with Gasteiger partial charge in [-0.15, -0.1) is 0 Å². The number of hydrogen-bond donors (Lipinski definition) is 0. The van der Waals surface area contributed by atoms with Crippen molar-refractivity contribution in [2.45, 2.75) is 32.9 Å². The average molecular weight is 432 g/mol. The van der Waals surface area contributed by atoms with E-state index in [4.69, 9.17) is 4.18 Å². The summed E-state index contributed by atoms with van der Waals surface area (Å²) >= 11 is 0. The molecule has 0 aliphatic carbocycles. The highest BCUT2D eigenvalue weighted by Gasteiger charge is 2.18. The van der Waals surface area contributed by atoms with Crippen molar-refractivity contribution in [3.05, 3.63) is 75.8 Å². The fourth-order valence-electron chi connectivity index (χ4n) is 2.71. The van der Waals surface area contributed by atoms with Crippen molar-refractivity contribution in [1.82, 2.24) is 4.90 Å². The van der Waals surface area contributed by atoms with Crippen LogP contribution in [0.3, 0.4) is 0 Å². The van der Waals surface area contributed by atoms with Gasteiger partial charge >= 0.3 is 10.1 Å². The Labute approximate surface area is 176 Å². The van der Waals surface area contributed by atoms with E-state index in [9.17, 15) is 23.3 Å². The Balaban J connectivity index is 2.18. The summed E-state index contributed by atoms with van der Waals surface area (Å²) in [4.78, 5) is 24.7. The van der Waals surface area contributed by atoms with Crippen molar-refractivity contribution >= 4 is 27.8 Å². The topological polar surface area (TPSA) is 107 Å². The molecule has 30 heavy (non-hydrogen) atoms. The zero-order valence-electron chi connectivity index (χ0n) is 17.0. The molecule has 1 unspecified atom stereocenters. The summed E-state index contributed by atoms with van der Waals surface area (Å²) in [5.74, 6) is -0.0369. The Morgan fingerprint density at radius 2 is 1.90 bits per heavy atom. The molecule has 0 saturated carbocycles. The molecule has 2 aromatic carbocycles. The average Bonchev–Trinajstić information content (AvgIpc) is 2.69. The molecule has 0 aromatic heterocycles. The van der Waals surface area contributed by atoms with E-state index in [1.165, 1.54) is 24.3 Å². The van der Waals surface area contributed by atoms with Crippen LogP contribution in [0.1, 0.15) is 31.4 Å². The van der Waals surface area contributed by atoms with Gasteiger partial charge in [-0.3, -0.25) is 14.9 Å². The van der Waals surface area contributed by atoms with Crippen molar-refractivity contribution in [3.63, 3.8) is 0 Å². The summed E-state index contributed by atoms with van der Waals surface area (Å²) in [6.45, 7) is 4.17. The molecular weight excluding hydrogens is 408 g/mol. The van der Waals surface area contributed by atoms with E-state index in [0.29, 0.717) is 5.56 Å². The number of carbonyl (C=O) groups is 1. The van der Waals surface area contributed by atoms with Gasteiger partial charge in [0.2, 0.25) is 5.91 Å². The van der Waals surface area contributed by atoms with Crippen LogP contribution in [0.2, 0.25) is 0 Å². The Hall–Kier alpha value is -3.20. The molecule has 0 fully saturated rings. The highest BCUT2D eigenvalue weighted by molar-refractivity contribution is 7.86. The van der Waals surface area contributed by atoms with E-state index in [0.717, 1.165) is 18.2 Å². The Kier molecular flexibility index (Phi) is 7.71. The number of non-ortho nitro benzene ring substituents is 1. The fourth-order valence-corrected chi connectivity index (χ4v) is 3.16. The SMILES string of the molecule is CCC(C)N(Cc1cccc(OS(C)(=O)=O)c1)C(=O)C=Cc1ccc([N+](=O)[O-])cc1. The lowest BCUT2D eigenvalue weighted by Gasteiger charge is -2.28. The number of benzene rings is 2. The summed E-state index contributed by atoms with van der Waals surface area (Å²) in [6.07, 6.45) is 4.73. The minimum absolute atomic E-state index is 0.0177. The van der Waals surface area contributed by atoms with Gasteiger partial charge in [0, 0.05) is 30.8 Å². The van der Waals surface area contributed by atoms with Gasteiger partial charge in [-0.1, -0.05) is 19.1 Å². The van der Waals surface area contributed by atoms with Crippen molar-refractivity contribution in [2.24, 2.45) is 0 Å². The predicted octanol–water partition coefficient (Wildman–Crippen LogP) is 3.77.